The molecule has 1 aliphatic heterocycles. The lowest BCUT2D eigenvalue weighted by molar-refractivity contribution is 0.503. The quantitative estimate of drug-likeness (QED) is 0.687. The predicted molar refractivity (Wildman–Crippen MR) is 56.2 cm³/mol. The minimum Gasteiger partial charge on any atom is -0.315 e. The Kier molecular flexibility index (Phi) is 3.17. The summed E-state index contributed by atoms with van der Waals surface area (Å²) >= 11 is 0. The average molecular weight is 193 g/mol. The summed E-state index contributed by atoms with van der Waals surface area (Å²) < 4.78 is 2.33. The van der Waals surface area contributed by atoms with Crippen molar-refractivity contribution < 1.29 is 0 Å². The van der Waals surface area contributed by atoms with Crippen LogP contribution >= 0.6 is 0 Å². The lowest BCUT2D eigenvalue weighted by atomic mass is 10.1. The van der Waals surface area contributed by atoms with Crippen LogP contribution in [0.3, 0.4) is 0 Å². The van der Waals surface area contributed by atoms with Gasteiger partial charge in [-0.05, 0) is 19.3 Å². The molecule has 0 unspecified atom stereocenters. The van der Waals surface area contributed by atoms with E-state index in [1.807, 2.05) is 0 Å². The Balaban J connectivity index is 1.99. The fraction of sp³-hybridized carbons (Fsp3) is 0.818. The molecule has 1 aromatic heterocycles. The van der Waals surface area contributed by atoms with Crippen molar-refractivity contribution in [1.82, 2.24) is 14.8 Å². The maximum atomic E-state index is 4.28. The normalized spacial score (nSPS) is 15.5. The van der Waals surface area contributed by atoms with Gasteiger partial charge in [-0.15, -0.1) is 10.2 Å². The van der Waals surface area contributed by atoms with Gasteiger partial charge in [-0.1, -0.05) is 19.8 Å². The highest BCUT2D eigenvalue weighted by Gasteiger charge is 2.14. The fourth-order valence-electron chi connectivity index (χ4n) is 2.09. The first-order valence-electron chi connectivity index (χ1n) is 5.82. The first-order valence-corrected chi connectivity index (χ1v) is 5.82. The number of hydrogen-bond acceptors (Lipinski definition) is 2. The van der Waals surface area contributed by atoms with Gasteiger partial charge in [0.25, 0.3) is 0 Å². The van der Waals surface area contributed by atoms with Crippen molar-refractivity contribution in [2.45, 2.75) is 58.4 Å². The van der Waals surface area contributed by atoms with Crippen LogP contribution in [0, 0.1) is 0 Å². The lowest BCUT2D eigenvalue weighted by Crippen LogP contribution is -2.13. The first kappa shape index (κ1) is 9.69. The Morgan fingerprint density at radius 1 is 1.21 bits per heavy atom. The van der Waals surface area contributed by atoms with Crippen molar-refractivity contribution >= 4 is 0 Å². The molecule has 78 valence electrons. The van der Waals surface area contributed by atoms with Crippen molar-refractivity contribution in [2.24, 2.45) is 0 Å². The van der Waals surface area contributed by atoms with Crippen LogP contribution in [0.15, 0.2) is 0 Å². The zero-order valence-corrected chi connectivity index (χ0v) is 9.00. The van der Waals surface area contributed by atoms with Crippen LogP contribution in [0.2, 0.25) is 0 Å². The van der Waals surface area contributed by atoms with E-state index in [2.05, 4.69) is 21.7 Å². The van der Waals surface area contributed by atoms with Crippen LogP contribution in [-0.2, 0) is 19.4 Å². The zero-order valence-electron chi connectivity index (χ0n) is 9.00. The zero-order chi connectivity index (χ0) is 9.80. The number of aryl methyl sites for hydroxylation is 2. The highest BCUT2D eigenvalue weighted by molar-refractivity contribution is 4.98. The topological polar surface area (TPSA) is 30.7 Å². The largest absolute Gasteiger partial charge is 0.315 e. The van der Waals surface area contributed by atoms with Crippen LogP contribution < -0.4 is 0 Å². The summed E-state index contributed by atoms with van der Waals surface area (Å²) in [6.07, 6.45) is 8.67. The minimum atomic E-state index is 1.11. The summed E-state index contributed by atoms with van der Waals surface area (Å²) in [5, 5.41) is 8.53. The second kappa shape index (κ2) is 4.58. The molecule has 14 heavy (non-hydrogen) atoms. The van der Waals surface area contributed by atoms with E-state index in [0.717, 1.165) is 19.4 Å². The molecule has 0 radical (unpaired) electrons. The van der Waals surface area contributed by atoms with E-state index in [4.69, 9.17) is 0 Å². The van der Waals surface area contributed by atoms with Gasteiger partial charge in [-0.2, -0.15) is 0 Å². The predicted octanol–water partition coefficient (Wildman–Crippen LogP) is 2.35. The van der Waals surface area contributed by atoms with Crippen LogP contribution in [0.4, 0.5) is 0 Å². The van der Waals surface area contributed by atoms with Gasteiger partial charge in [0.1, 0.15) is 11.6 Å². The number of fused-ring (bicyclic) bond motifs is 1. The van der Waals surface area contributed by atoms with E-state index in [-0.39, 0.29) is 0 Å². The summed E-state index contributed by atoms with van der Waals surface area (Å²) in [4.78, 5) is 0. The summed E-state index contributed by atoms with van der Waals surface area (Å²) in [5.74, 6) is 2.43. The minimum absolute atomic E-state index is 1.11. The van der Waals surface area contributed by atoms with Gasteiger partial charge in [-0.3, -0.25) is 0 Å². The molecule has 0 atom stereocenters. The lowest BCUT2D eigenvalue weighted by Gasteiger charge is -2.14. The highest BCUT2D eigenvalue weighted by Crippen LogP contribution is 2.15. The van der Waals surface area contributed by atoms with E-state index < -0.39 is 0 Å². The maximum absolute atomic E-state index is 4.28. The van der Waals surface area contributed by atoms with Gasteiger partial charge in [0, 0.05) is 19.4 Å². The monoisotopic (exact) mass is 193 g/mol. The van der Waals surface area contributed by atoms with Gasteiger partial charge >= 0.3 is 0 Å². The van der Waals surface area contributed by atoms with Gasteiger partial charge in [0.05, 0.1) is 0 Å². The number of aromatic nitrogens is 3. The molecule has 2 heterocycles. The highest BCUT2D eigenvalue weighted by atomic mass is 15.3. The average Bonchev–Trinajstić information content (AvgIpc) is 2.63. The van der Waals surface area contributed by atoms with E-state index in [0.29, 0.717) is 0 Å². The molecule has 0 bridgehead atoms. The van der Waals surface area contributed by atoms with Gasteiger partial charge in [-0.25, -0.2) is 0 Å². The van der Waals surface area contributed by atoms with Crippen LogP contribution in [0.25, 0.3) is 0 Å². The molecule has 0 saturated heterocycles. The molecule has 0 fully saturated rings. The number of hydrogen-bond donors (Lipinski definition) is 0. The van der Waals surface area contributed by atoms with Crippen molar-refractivity contribution in [1.29, 1.82) is 0 Å². The smallest absolute Gasteiger partial charge is 0.132 e. The van der Waals surface area contributed by atoms with Crippen molar-refractivity contribution in [3.63, 3.8) is 0 Å². The number of nitrogens with zero attached hydrogens (tertiary/aromatic N) is 3. The molecule has 3 heteroatoms. The molecule has 2 rings (SSSR count). The summed E-state index contributed by atoms with van der Waals surface area (Å²) in [6.45, 7) is 3.38. The molecule has 0 aromatic carbocycles. The summed E-state index contributed by atoms with van der Waals surface area (Å²) in [5.41, 5.74) is 0. The number of unbranched alkanes of at least 4 members (excludes halogenated alkanes) is 2. The third-order valence-corrected chi connectivity index (χ3v) is 2.94. The Labute approximate surface area is 85.5 Å². The molecule has 0 spiro atoms. The van der Waals surface area contributed by atoms with Crippen LogP contribution in [0.1, 0.15) is 50.7 Å². The molecule has 0 saturated carbocycles. The van der Waals surface area contributed by atoms with E-state index in [1.165, 1.54) is 43.8 Å². The molecule has 3 nitrogen and oxygen atoms in total. The summed E-state index contributed by atoms with van der Waals surface area (Å²) in [6, 6.07) is 0. The third-order valence-electron chi connectivity index (χ3n) is 2.94. The van der Waals surface area contributed by atoms with E-state index in [1.54, 1.807) is 0 Å². The Hall–Kier alpha value is -0.860. The van der Waals surface area contributed by atoms with Crippen LogP contribution in [-0.4, -0.2) is 14.8 Å². The molecule has 0 amide bonds. The van der Waals surface area contributed by atoms with E-state index in [9.17, 15) is 0 Å². The standard InChI is InChI=1S/C11H19N3/c1-2-3-4-7-10-12-13-11-8-5-6-9-14(10)11/h2-9H2,1H3. The fourth-order valence-corrected chi connectivity index (χ4v) is 2.09. The summed E-state index contributed by atoms with van der Waals surface area (Å²) in [7, 11) is 0. The van der Waals surface area contributed by atoms with Crippen molar-refractivity contribution in [2.75, 3.05) is 0 Å². The maximum Gasteiger partial charge on any atom is 0.132 e. The van der Waals surface area contributed by atoms with Gasteiger partial charge in [0.2, 0.25) is 0 Å². The Morgan fingerprint density at radius 2 is 2.14 bits per heavy atom. The Bertz CT molecular complexity index is 291. The van der Waals surface area contributed by atoms with Crippen LogP contribution in [0.5, 0.6) is 0 Å². The second-order valence-electron chi connectivity index (χ2n) is 4.10. The van der Waals surface area contributed by atoms with E-state index >= 15 is 0 Å². The molecule has 0 aliphatic carbocycles. The molecule has 1 aromatic rings. The van der Waals surface area contributed by atoms with Crippen molar-refractivity contribution in [3.05, 3.63) is 11.6 Å². The molecular weight excluding hydrogens is 174 g/mol. The van der Waals surface area contributed by atoms with Gasteiger partial charge < -0.3 is 4.57 Å². The second-order valence-corrected chi connectivity index (χ2v) is 4.10. The molecular formula is C11H19N3. The Morgan fingerprint density at radius 3 is 3.00 bits per heavy atom. The molecule has 1 aliphatic rings. The van der Waals surface area contributed by atoms with Crippen molar-refractivity contribution in [3.8, 4) is 0 Å². The third kappa shape index (κ3) is 1.97. The first-order chi connectivity index (χ1) is 6.92. The number of rotatable bonds is 4. The molecule has 0 N–H and O–H groups in total. The SMILES string of the molecule is CCCCCc1nnc2n1CCCC2. The van der Waals surface area contributed by atoms with Gasteiger partial charge in [0.15, 0.2) is 0 Å².